The summed E-state index contributed by atoms with van der Waals surface area (Å²) in [5.41, 5.74) is 1.22. The van der Waals surface area contributed by atoms with Crippen molar-refractivity contribution in [2.75, 3.05) is 5.12 Å². The molecule has 0 amide bonds. The summed E-state index contributed by atoms with van der Waals surface area (Å²) in [4.78, 5) is 0. The van der Waals surface area contributed by atoms with Crippen LogP contribution in [-0.4, -0.2) is 10.2 Å². The number of aromatic hydroxyl groups is 2. The zero-order chi connectivity index (χ0) is 22.6. The first-order valence-corrected chi connectivity index (χ1v) is 10.3. The van der Waals surface area contributed by atoms with Crippen LogP contribution in [0.15, 0.2) is 124 Å². The number of hydrogen-bond donors (Lipinski definition) is 2. The number of nitrogens with zero attached hydrogens (tertiary/aromatic N) is 5. The fourth-order valence-corrected chi connectivity index (χ4v) is 3.54. The van der Waals surface area contributed by atoms with Crippen LogP contribution in [0.25, 0.3) is 21.5 Å². The molecule has 0 aliphatic carbocycles. The Morgan fingerprint density at radius 2 is 1.15 bits per heavy atom. The lowest BCUT2D eigenvalue weighted by Gasteiger charge is -2.14. The van der Waals surface area contributed by atoms with Crippen molar-refractivity contribution in [3.8, 4) is 11.5 Å². The molecule has 0 atom stereocenters. The van der Waals surface area contributed by atoms with Crippen LogP contribution in [0.1, 0.15) is 0 Å². The van der Waals surface area contributed by atoms with Gasteiger partial charge in [0.25, 0.3) is 0 Å². The van der Waals surface area contributed by atoms with E-state index in [9.17, 15) is 10.2 Å². The summed E-state index contributed by atoms with van der Waals surface area (Å²) in [6.45, 7) is 0. The molecule has 0 bridgehead atoms. The lowest BCUT2D eigenvalue weighted by Crippen LogP contribution is -2.06. The van der Waals surface area contributed by atoms with E-state index in [0.717, 1.165) is 21.3 Å². The summed E-state index contributed by atoms with van der Waals surface area (Å²) in [5.74, 6) is -0.0127. The Balaban J connectivity index is 1.62. The number of anilines is 1. The molecule has 33 heavy (non-hydrogen) atoms. The number of hydrogen-bond acceptors (Lipinski definition) is 6. The second-order valence-corrected chi connectivity index (χ2v) is 7.31. The highest BCUT2D eigenvalue weighted by molar-refractivity contribution is 5.95. The Kier molecular flexibility index (Phi) is 5.35. The van der Waals surface area contributed by atoms with Crippen molar-refractivity contribution in [3.05, 3.63) is 103 Å². The molecule has 0 fully saturated rings. The van der Waals surface area contributed by atoms with Crippen molar-refractivity contribution >= 4 is 38.6 Å². The molecule has 0 heterocycles. The van der Waals surface area contributed by atoms with Crippen molar-refractivity contribution in [1.82, 2.24) is 0 Å². The highest BCUT2D eigenvalue weighted by Gasteiger charge is 2.15. The molecule has 0 spiro atoms. The van der Waals surface area contributed by atoms with Crippen molar-refractivity contribution in [3.63, 3.8) is 0 Å². The van der Waals surface area contributed by atoms with Crippen LogP contribution in [-0.2, 0) is 0 Å². The lowest BCUT2D eigenvalue weighted by atomic mass is 10.1. The molecule has 0 saturated heterocycles. The molecular weight excluding hydrogens is 414 g/mol. The Bertz CT molecular complexity index is 1500. The van der Waals surface area contributed by atoms with E-state index < -0.39 is 0 Å². The standard InChI is InChI=1S/C26H19N5O2/c32-24-17-15-18-8-4-6-12-21(18)25(24)28-30-31(29-27-20-10-2-1-3-11-20)23-16-14-19-9-5-7-13-22(19)26(23)33/h1-17,32-33H. The number of phenolic OH excluding ortho intramolecular Hbond substituents is 2. The van der Waals surface area contributed by atoms with Crippen LogP contribution >= 0.6 is 0 Å². The van der Waals surface area contributed by atoms with Gasteiger partial charge < -0.3 is 10.2 Å². The zero-order valence-electron chi connectivity index (χ0n) is 17.4. The van der Waals surface area contributed by atoms with Crippen LogP contribution in [0.3, 0.4) is 0 Å². The summed E-state index contributed by atoms with van der Waals surface area (Å²) < 4.78 is 0. The van der Waals surface area contributed by atoms with E-state index in [0.29, 0.717) is 22.4 Å². The van der Waals surface area contributed by atoms with Crippen molar-refractivity contribution in [2.24, 2.45) is 20.7 Å². The Hall–Kier alpha value is -4.78. The van der Waals surface area contributed by atoms with Gasteiger partial charge in [0.05, 0.1) is 5.69 Å². The molecule has 0 aliphatic rings. The zero-order valence-corrected chi connectivity index (χ0v) is 17.4. The fraction of sp³-hybridized carbons (Fsp3) is 0. The van der Waals surface area contributed by atoms with Gasteiger partial charge in [-0.1, -0.05) is 78.9 Å². The topological polar surface area (TPSA) is 93.1 Å². The molecule has 0 aliphatic heterocycles. The third-order valence-corrected chi connectivity index (χ3v) is 5.20. The highest BCUT2D eigenvalue weighted by atomic mass is 16.3. The van der Waals surface area contributed by atoms with Crippen molar-refractivity contribution in [1.29, 1.82) is 0 Å². The minimum absolute atomic E-state index is 0.00111. The van der Waals surface area contributed by atoms with Gasteiger partial charge in [0.15, 0.2) is 5.75 Å². The molecule has 2 N–H and O–H groups in total. The molecule has 0 saturated carbocycles. The Labute approximate surface area is 189 Å². The molecule has 7 heteroatoms. The van der Waals surface area contributed by atoms with Crippen LogP contribution in [0.2, 0.25) is 0 Å². The van der Waals surface area contributed by atoms with Crippen LogP contribution in [0, 0.1) is 0 Å². The second-order valence-electron chi connectivity index (χ2n) is 7.31. The molecule has 5 aromatic carbocycles. The maximum Gasteiger partial charge on any atom is 0.151 e. The molecule has 0 unspecified atom stereocenters. The van der Waals surface area contributed by atoms with E-state index in [2.05, 4.69) is 20.7 Å². The third kappa shape index (κ3) is 4.07. The Morgan fingerprint density at radius 1 is 0.545 bits per heavy atom. The molecule has 5 rings (SSSR count). The minimum atomic E-state index is -0.0138. The van der Waals surface area contributed by atoms with Crippen molar-refractivity contribution < 1.29 is 10.2 Å². The first-order valence-electron chi connectivity index (χ1n) is 10.3. The summed E-state index contributed by atoms with van der Waals surface area (Å²) in [5, 5.41) is 42.6. The first kappa shape index (κ1) is 20.1. The van der Waals surface area contributed by atoms with Crippen molar-refractivity contribution in [2.45, 2.75) is 0 Å². The van der Waals surface area contributed by atoms with Gasteiger partial charge >= 0.3 is 0 Å². The quantitative estimate of drug-likeness (QED) is 0.221. The summed E-state index contributed by atoms with van der Waals surface area (Å²) >= 11 is 0. The van der Waals surface area contributed by atoms with Gasteiger partial charge in [0.1, 0.15) is 17.1 Å². The Morgan fingerprint density at radius 3 is 1.94 bits per heavy atom. The second kappa shape index (κ2) is 8.76. The number of phenols is 2. The average Bonchev–Trinajstić information content (AvgIpc) is 2.86. The van der Waals surface area contributed by atoms with Gasteiger partial charge in [-0.2, -0.15) is 0 Å². The van der Waals surface area contributed by atoms with Gasteiger partial charge in [-0.3, -0.25) is 0 Å². The molecular formula is C26H19N5O2. The number of benzene rings is 5. The molecule has 0 radical (unpaired) electrons. The maximum atomic E-state index is 10.9. The largest absolute Gasteiger partial charge is 0.506 e. The minimum Gasteiger partial charge on any atom is -0.506 e. The van der Waals surface area contributed by atoms with E-state index >= 15 is 0 Å². The van der Waals surface area contributed by atoms with Gasteiger partial charge in [-0.05, 0) is 45.5 Å². The predicted octanol–water partition coefficient (Wildman–Crippen LogP) is 7.61. The van der Waals surface area contributed by atoms with Gasteiger partial charge in [0.2, 0.25) is 0 Å². The average molecular weight is 433 g/mol. The molecule has 0 aromatic heterocycles. The van der Waals surface area contributed by atoms with Crippen LogP contribution in [0.5, 0.6) is 11.5 Å². The summed E-state index contributed by atoms with van der Waals surface area (Å²) in [6, 6.07) is 31.1. The van der Waals surface area contributed by atoms with Gasteiger partial charge in [-0.25, -0.2) is 0 Å². The van der Waals surface area contributed by atoms with E-state index in [4.69, 9.17) is 0 Å². The molecule has 5 aromatic rings. The monoisotopic (exact) mass is 433 g/mol. The fourth-order valence-electron chi connectivity index (χ4n) is 3.54. The molecule has 7 nitrogen and oxygen atoms in total. The lowest BCUT2D eigenvalue weighted by molar-refractivity contribution is 0.476. The maximum absolute atomic E-state index is 10.9. The van der Waals surface area contributed by atoms with E-state index in [1.54, 1.807) is 24.3 Å². The van der Waals surface area contributed by atoms with E-state index in [1.807, 2.05) is 78.9 Å². The predicted molar refractivity (Wildman–Crippen MR) is 129 cm³/mol. The SMILES string of the molecule is Oc1ccc2ccccc2c1N=NN(N=Nc1ccccc1)c1ccc2ccccc2c1O. The third-order valence-electron chi connectivity index (χ3n) is 5.20. The normalized spacial score (nSPS) is 11.6. The smallest absolute Gasteiger partial charge is 0.151 e. The number of rotatable bonds is 5. The molecule has 160 valence electrons. The van der Waals surface area contributed by atoms with Crippen LogP contribution < -0.4 is 5.12 Å². The number of fused-ring (bicyclic) bond motifs is 2. The van der Waals surface area contributed by atoms with Gasteiger partial charge in [-0.15, -0.1) is 15.3 Å². The van der Waals surface area contributed by atoms with Crippen LogP contribution in [0.4, 0.5) is 17.1 Å². The first-order chi connectivity index (χ1) is 16.2. The van der Waals surface area contributed by atoms with E-state index in [1.165, 1.54) is 0 Å². The van der Waals surface area contributed by atoms with Gasteiger partial charge in [0, 0.05) is 10.8 Å². The summed E-state index contributed by atoms with van der Waals surface area (Å²) in [6.07, 6.45) is 0. The summed E-state index contributed by atoms with van der Waals surface area (Å²) in [7, 11) is 0. The van der Waals surface area contributed by atoms with E-state index in [-0.39, 0.29) is 11.5 Å². The highest BCUT2D eigenvalue weighted by Crippen LogP contribution is 2.38.